The summed E-state index contributed by atoms with van der Waals surface area (Å²) >= 11 is 5.41. The minimum absolute atomic E-state index is 0.537. The lowest BCUT2D eigenvalue weighted by atomic mass is 10.1. The van der Waals surface area contributed by atoms with E-state index in [2.05, 4.69) is 66.8 Å². The highest BCUT2D eigenvalue weighted by molar-refractivity contribution is 7.80. The molecule has 2 aromatic carbocycles. The van der Waals surface area contributed by atoms with Crippen LogP contribution in [-0.4, -0.2) is 14.9 Å². The van der Waals surface area contributed by atoms with Crippen molar-refractivity contribution >= 4 is 28.8 Å². The Morgan fingerprint density at radius 3 is 2.60 bits per heavy atom. The van der Waals surface area contributed by atoms with Gasteiger partial charge >= 0.3 is 0 Å². The summed E-state index contributed by atoms with van der Waals surface area (Å²) in [6.07, 6.45) is 1.95. The summed E-state index contributed by atoms with van der Waals surface area (Å²) in [4.78, 5) is 0. The van der Waals surface area contributed by atoms with Gasteiger partial charge in [0, 0.05) is 18.0 Å². The Bertz CT molecular complexity index is 898. The van der Waals surface area contributed by atoms with Gasteiger partial charge in [-0.3, -0.25) is 4.68 Å². The first kappa shape index (κ1) is 17.2. The molecule has 0 aliphatic heterocycles. The van der Waals surface area contributed by atoms with E-state index in [-0.39, 0.29) is 0 Å². The van der Waals surface area contributed by atoms with Crippen molar-refractivity contribution in [2.45, 2.75) is 27.3 Å². The number of benzene rings is 2. The molecule has 0 amide bonds. The van der Waals surface area contributed by atoms with Gasteiger partial charge in [-0.05, 0) is 61.3 Å². The van der Waals surface area contributed by atoms with Gasteiger partial charge in [0.25, 0.3) is 0 Å². The second-order valence-corrected chi connectivity index (χ2v) is 6.63. The Hall–Kier alpha value is -2.66. The molecule has 0 aliphatic carbocycles. The quantitative estimate of drug-likeness (QED) is 0.671. The lowest BCUT2D eigenvalue weighted by molar-refractivity contribution is 0.687. The third-order valence-electron chi connectivity index (χ3n) is 4.12. The van der Waals surface area contributed by atoms with E-state index in [4.69, 9.17) is 12.2 Å². The highest BCUT2D eigenvalue weighted by Gasteiger charge is 2.05. The summed E-state index contributed by atoms with van der Waals surface area (Å²) in [5.74, 6) is 0.733. The third kappa shape index (κ3) is 4.45. The maximum atomic E-state index is 5.41. The van der Waals surface area contributed by atoms with Crippen LogP contribution in [0.25, 0.3) is 0 Å². The second kappa shape index (κ2) is 7.49. The van der Waals surface area contributed by atoms with E-state index < -0.39 is 0 Å². The van der Waals surface area contributed by atoms with Crippen LogP contribution in [0, 0.1) is 20.8 Å². The van der Waals surface area contributed by atoms with Crippen molar-refractivity contribution in [3.63, 3.8) is 0 Å². The number of anilines is 2. The molecule has 2 N–H and O–H groups in total. The number of nitrogens with zero attached hydrogens (tertiary/aromatic N) is 2. The first-order valence-electron chi connectivity index (χ1n) is 8.24. The number of rotatable bonds is 4. The number of aryl methyl sites for hydroxylation is 3. The molecular formula is C20H22N4S. The zero-order chi connectivity index (χ0) is 17.8. The molecule has 0 bridgehead atoms. The monoisotopic (exact) mass is 350 g/mol. The molecule has 0 fully saturated rings. The van der Waals surface area contributed by atoms with Crippen molar-refractivity contribution in [1.29, 1.82) is 0 Å². The van der Waals surface area contributed by atoms with Gasteiger partial charge in [-0.1, -0.05) is 36.4 Å². The molecule has 1 heterocycles. The summed E-state index contributed by atoms with van der Waals surface area (Å²) in [6, 6.07) is 16.5. The van der Waals surface area contributed by atoms with Crippen molar-refractivity contribution in [1.82, 2.24) is 9.78 Å². The molecule has 0 saturated heterocycles. The lowest BCUT2D eigenvalue weighted by Crippen LogP contribution is -2.20. The Labute approximate surface area is 153 Å². The van der Waals surface area contributed by atoms with Crippen molar-refractivity contribution < 1.29 is 0 Å². The van der Waals surface area contributed by atoms with Gasteiger partial charge in [-0.15, -0.1) is 0 Å². The number of aromatic nitrogens is 2. The summed E-state index contributed by atoms with van der Waals surface area (Å²) in [7, 11) is 0. The highest BCUT2D eigenvalue weighted by Crippen LogP contribution is 2.17. The Kier molecular flexibility index (Phi) is 5.14. The SMILES string of the molecule is Cc1ccc(C)c(NC(=S)Nc2ccn(Cc3ccccc3C)n2)c1. The van der Waals surface area contributed by atoms with E-state index in [0.29, 0.717) is 5.11 Å². The zero-order valence-electron chi connectivity index (χ0n) is 14.7. The number of thiocarbonyl (C=S) groups is 1. The van der Waals surface area contributed by atoms with Gasteiger partial charge in [0.05, 0.1) is 6.54 Å². The molecule has 3 rings (SSSR count). The van der Waals surface area contributed by atoms with Crippen LogP contribution in [0.2, 0.25) is 0 Å². The zero-order valence-corrected chi connectivity index (χ0v) is 15.5. The van der Waals surface area contributed by atoms with E-state index in [1.54, 1.807) is 0 Å². The summed E-state index contributed by atoms with van der Waals surface area (Å²) in [5.41, 5.74) is 5.88. The van der Waals surface area contributed by atoms with E-state index in [9.17, 15) is 0 Å². The topological polar surface area (TPSA) is 41.9 Å². The standard InChI is InChI=1S/C20H22N4S/c1-14-8-9-16(3)18(12-14)21-20(25)22-19-10-11-24(23-19)13-17-7-5-4-6-15(17)2/h4-12H,13H2,1-3H3,(H2,21,22,23,25). The first-order chi connectivity index (χ1) is 12.0. The maximum absolute atomic E-state index is 5.41. The second-order valence-electron chi connectivity index (χ2n) is 6.22. The predicted molar refractivity (Wildman–Crippen MR) is 108 cm³/mol. The molecule has 25 heavy (non-hydrogen) atoms. The van der Waals surface area contributed by atoms with Crippen LogP contribution < -0.4 is 10.6 Å². The Morgan fingerprint density at radius 1 is 1.00 bits per heavy atom. The molecule has 0 aliphatic rings. The predicted octanol–water partition coefficient (Wildman–Crippen LogP) is 4.67. The third-order valence-corrected chi connectivity index (χ3v) is 4.32. The van der Waals surface area contributed by atoms with Crippen LogP contribution in [0.15, 0.2) is 54.7 Å². The van der Waals surface area contributed by atoms with Gasteiger partial charge in [-0.2, -0.15) is 5.10 Å². The minimum Gasteiger partial charge on any atom is -0.332 e. The van der Waals surface area contributed by atoms with E-state index in [1.165, 1.54) is 16.7 Å². The number of nitrogens with one attached hydrogen (secondary N) is 2. The molecular weight excluding hydrogens is 328 g/mol. The van der Waals surface area contributed by atoms with Crippen LogP contribution in [0.5, 0.6) is 0 Å². The van der Waals surface area contributed by atoms with Crippen molar-refractivity contribution in [3.05, 3.63) is 77.0 Å². The molecule has 0 radical (unpaired) electrons. The van der Waals surface area contributed by atoms with Crippen LogP contribution in [-0.2, 0) is 6.54 Å². The molecule has 0 spiro atoms. The van der Waals surface area contributed by atoms with Crippen LogP contribution in [0.4, 0.5) is 11.5 Å². The van der Waals surface area contributed by atoms with Gasteiger partial charge in [0.2, 0.25) is 0 Å². The highest BCUT2D eigenvalue weighted by atomic mass is 32.1. The smallest absolute Gasteiger partial charge is 0.176 e. The van der Waals surface area contributed by atoms with Crippen molar-refractivity contribution in [3.8, 4) is 0 Å². The molecule has 1 aromatic heterocycles. The average Bonchev–Trinajstić information content (AvgIpc) is 3.00. The van der Waals surface area contributed by atoms with Gasteiger partial charge in [0.1, 0.15) is 0 Å². The van der Waals surface area contributed by atoms with E-state index >= 15 is 0 Å². The maximum Gasteiger partial charge on any atom is 0.176 e. The first-order valence-corrected chi connectivity index (χ1v) is 8.65. The lowest BCUT2D eigenvalue weighted by Gasteiger charge is -2.12. The largest absolute Gasteiger partial charge is 0.332 e. The van der Waals surface area contributed by atoms with E-state index in [1.807, 2.05) is 29.1 Å². The fourth-order valence-electron chi connectivity index (χ4n) is 2.62. The fourth-order valence-corrected chi connectivity index (χ4v) is 2.83. The summed E-state index contributed by atoms with van der Waals surface area (Å²) < 4.78 is 1.91. The molecule has 0 saturated carbocycles. The number of hydrogen-bond acceptors (Lipinski definition) is 2. The summed E-state index contributed by atoms with van der Waals surface area (Å²) in [5, 5.41) is 11.5. The van der Waals surface area contributed by atoms with E-state index in [0.717, 1.165) is 23.6 Å². The van der Waals surface area contributed by atoms with Crippen molar-refractivity contribution in [2.75, 3.05) is 10.6 Å². The van der Waals surface area contributed by atoms with Crippen LogP contribution in [0.3, 0.4) is 0 Å². The Morgan fingerprint density at radius 2 is 1.80 bits per heavy atom. The van der Waals surface area contributed by atoms with Gasteiger partial charge < -0.3 is 10.6 Å². The Balaban J connectivity index is 1.64. The van der Waals surface area contributed by atoms with Crippen LogP contribution >= 0.6 is 12.2 Å². The molecule has 128 valence electrons. The van der Waals surface area contributed by atoms with Crippen molar-refractivity contribution in [2.24, 2.45) is 0 Å². The minimum atomic E-state index is 0.537. The normalized spacial score (nSPS) is 10.5. The molecule has 5 heteroatoms. The molecule has 3 aromatic rings. The van der Waals surface area contributed by atoms with Gasteiger partial charge in [-0.25, -0.2) is 0 Å². The van der Waals surface area contributed by atoms with Gasteiger partial charge in [0.15, 0.2) is 10.9 Å². The fraction of sp³-hybridized carbons (Fsp3) is 0.200. The summed E-state index contributed by atoms with van der Waals surface area (Å²) in [6.45, 7) is 6.97. The van der Waals surface area contributed by atoms with Crippen LogP contribution in [0.1, 0.15) is 22.3 Å². The molecule has 0 atom stereocenters. The average molecular weight is 350 g/mol. The number of hydrogen-bond donors (Lipinski definition) is 2. The molecule has 0 unspecified atom stereocenters. The molecule has 4 nitrogen and oxygen atoms in total.